The highest BCUT2D eigenvalue weighted by atomic mass is 35.5. The maximum absolute atomic E-state index is 14.1. The summed E-state index contributed by atoms with van der Waals surface area (Å²) in [6.45, 7) is 7.31. The van der Waals surface area contributed by atoms with Crippen LogP contribution in [-0.2, 0) is 32.6 Å². The Hall–Kier alpha value is -3.36. The zero-order chi connectivity index (χ0) is 29.4. The van der Waals surface area contributed by atoms with Crippen molar-refractivity contribution in [2.24, 2.45) is 0 Å². The Morgan fingerprint density at radius 2 is 1.60 bits per heavy atom. The average molecular weight is 584 g/mol. The van der Waals surface area contributed by atoms with Gasteiger partial charge >= 0.3 is 0 Å². The molecule has 0 bridgehead atoms. The van der Waals surface area contributed by atoms with E-state index >= 15 is 0 Å². The third-order valence-corrected chi connectivity index (χ3v) is 8.54. The largest absolute Gasteiger partial charge is 0.352 e. The highest BCUT2D eigenvalue weighted by Crippen LogP contribution is 2.26. The van der Waals surface area contributed by atoms with Crippen molar-refractivity contribution in [3.05, 3.63) is 100 Å². The number of nitrogens with one attached hydrogen (secondary N) is 1. The highest BCUT2D eigenvalue weighted by molar-refractivity contribution is 7.92. The van der Waals surface area contributed by atoms with Gasteiger partial charge in [-0.05, 0) is 61.6 Å². The van der Waals surface area contributed by atoms with Crippen LogP contribution in [0.5, 0.6) is 0 Å². The molecule has 0 fully saturated rings. The summed E-state index contributed by atoms with van der Waals surface area (Å²) in [6.07, 6.45) is 2.05. The number of nitrogens with zero attached hydrogens (tertiary/aromatic N) is 2. The van der Waals surface area contributed by atoms with Gasteiger partial charge < -0.3 is 10.2 Å². The maximum Gasteiger partial charge on any atom is 0.244 e. The maximum atomic E-state index is 14.1. The second kappa shape index (κ2) is 13.8. The minimum absolute atomic E-state index is 0.0941. The first-order valence-corrected chi connectivity index (χ1v) is 15.6. The van der Waals surface area contributed by atoms with Crippen LogP contribution in [0, 0.1) is 13.8 Å². The van der Waals surface area contributed by atoms with E-state index in [9.17, 15) is 18.0 Å². The van der Waals surface area contributed by atoms with E-state index in [2.05, 4.69) is 5.32 Å². The molecule has 0 radical (unpaired) electrons. The van der Waals surface area contributed by atoms with Gasteiger partial charge in [-0.1, -0.05) is 79.2 Å². The Morgan fingerprint density at radius 3 is 2.20 bits per heavy atom. The average Bonchev–Trinajstić information content (AvgIpc) is 2.91. The summed E-state index contributed by atoms with van der Waals surface area (Å²) in [5.74, 6) is -0.782. The second-order valence-corrected chi connectivity index (χ2v) is 12.5. The van der Waals surface area contributed by atoms with Crippen LogP contribution in [0.4, 0.5) is 5.69 Å². The number of rotatable bonds is 12. The minimum Gasteiger partial charge on any atom is -0.352 e. The Bertz CT molecular complexity index is 1430. The molecule has 214 valence electrons. The summed E-state index contributed by atoms with van der Waals surface area (Å²) in [7, 11) is -3.86. The standard InChI is InChI=1S/C31H38ClN3O4S/c1-6-24(4)33-31(37)29(18-25-13-8-7-9-14-25)34(20-26-15-11-10-12-22(26)2)30(36)21-35(40(5,38)39)27-17-16-23(3)28(32)19-27/h7-17,19,24,29H,6,18,20-21H2,1-5H3,(H,33,37)/t24-,29+/m1/s1. The molecule has 7 nitrogen and oxygen atoms in total. The van der Waals surface area contributed by atoms with Crippen LogP contribution in [0.1, 0.15) is 42.5 Å². The number of benzene rings is 3. The summed E-state index contributed by atoms with van der Waals surface area (Å²) in [6, 6.07) is 21.1. The predicted molar refractivity (Wildman–Crippen MR) is 162 cm³/mol. The van der Waals surface area contributed by atoms with Gasteiger partial charge in [-0.25, -0.2) is 8.42 Å². The quantitative estimate of drug-likeness (QED) is 0.314. The van der Waals surface area contributed by atoms with E-state index in [1.54, 1.807) is 12.1 Å². The fourth-order valence-electron chi connectivity index (χ4n) is 4.32. The monoisotopic (exact) mass is 583 g/mol. The van der Waals surface area contributed by atoms with Crippen LogP contribution in [0.2, 0.25) is 5.02 Å². The van der Waals surface area contributed by atoms with E-state index in [0.29, 0.717) is 5.02 Å². The van der Waals surface area contributed by atoms with Crippen molar-refractivity contribution in [1.29, 1.82) is 0 Å². The lowest BCUT2D eigenvalue weighted by molar-refractivity contribution is -0.140. The van der Waals surface area contributed by atoms with E-state index in [0.717, 1.165) is 39.2 Å². The Labute approximate surface area is 243 Å². The first-order chi connectivity index (χ1) is 18.9. The van der Waals surface area contributed by atoms with Crippen molar-refractivity contribution in [3.8, 4) is 0 Å². The molecule has 0 aliphatic heterocycles. The molecule has 0 aromatic heterocycles. The fourth-order valence-corrected chi connectivity index (χ4v) is 5.33. The number of carbonyl (C=O) groups excluding carboxylic acids is 2. The lowest BCUT2D eigenvalue weighted by Crippen LogP contribution is -2.54. The molecular formula is C31H38ClN3O4S. The van der Waals surface area contributed by atoms with Crippen molar-refractivity contribution in [2.45, 2.75) is 59.2 Å². The number of hydrogen-bond donors (Lipinski definition) is 1. The van der Waals surface area contributed by atoms with Crippen LogP contribution < -0.4 is 9.62 Å². The number of amides is 2. The first kappa shape index (κ1) is 31.2. The number of anilines is 1. The fraction of sp³-hybridized carbons (Fsp3) is 0.355. The molecule has 3 rings (SSSR count). The molecule has 40 heavy (non-hydrogen) atoms. The smallest absolute Gasteiger partial charge is 0.244 e. The van der Waals surface area contributed by atoms with Gasteiger partial charge in [0, 0.05) is 24.0 Å². The predicted octanol–water partition coefficient (Wildman–Crippen LogP) is 5.28. The molecule has 0 unspecified atom stereocenters. The summed E-state index contributed by atoms with van der Waals surface area (Å²) in [4.78, 5) is 29.4. The molecule has 0 heterocycles. The molecule has 0 saturated carbocycles. The summed E-state index contributed by atoms with van der Waals surface area (Å²) in [5, 5.41) is 3.43. The molecule has 2 atom stereocenters. The van der Waals surface area contributed by atoms with Crippen molar-refractivity contribution >= 4 is 39.1 Å². The number of hydrogen-bond acceptors (Lipinski definition) is 4. The van der Waals surface area contributed by atoms with Gasteiger partial charge in [-0.15, -0.1) is 0 Å². The number of sulfonamides is 1. The van der Waals surface area contributed by atoms with Crippen LogP contribution in [0.25, 0.3) is 0 Å². The molecule has 1 N–H and O–H groups in total. The number of halogens is 1. The zero-order valence-corrected chi connectivity index (χ0v) is 25.3. The molecule has 0 aliphatic rings. The van der Waals surface area contributed by atoms with Gasteiger partial charge in [0.15, 0.2) is 0 Å². The molecule has 0 saturated heterocycles. The highest BCUT2D eigenvalue weighted by Gasteiger charge is 2.33. The third kappa shape index (κ3) is 8.32. The molecule has 0 spiro atoms. The Kier molecular flexibility index (Phi) is 10.8. The Balaban J connectivity index is 2.08. The van der Waals surface area contributed by atoms with E-state index in [-0.39, 0.29) is 30.6 Å². The van der Waals surface area contributed by atoms with Crippen molar-refractivity contribution in [1.82, 2.24) is 10.2 Å². The van der Waals surface area contributed by atoms with Crippen molar-refractivity contribution < 1.29 is 18.0 Å². The van der Waals surface area contributed by atoms with E-state index in [1.807, 2.05) is 82.3 Å². The first-order valence-electron chi connectivity index (χ1n) is 13.3. The molecule has 0 aliphatic carbocycles. The molecular weight excluding hydrogens is 546 g/mol. The number of carbonyl (C=O) groups is 2. The Morgan fingerprint density at radius 1 is 0.950 bits per heavy atom. The molecule has 2 amide bonds. The SMILES string of the molecule is CC[C@@H](C)NC(=O)[C@H](Cc1ccccc1)N(Cc1ccccc1C)C(=O)CN(c1ccc(C)c(Cl)c1)S(C)(=O)=O. The van der Waals surface area contributed by atoms with Crippen LogP contribution in [0.3, 0.4) is 0 Å². The normalized spacial score (nSPS) is 12.8. The molecule has 3 aromatic rings. The van der Waals surface area contributed by atoms with E-state index in [4.69, 9.17) is 11.6 Å². The molecule has 3 aromatic carbocycles. The topological polar surface area (TPSA) is 86.8 Å². The van der Waals surface area contributed by atoms with Gasteiger partial charge in [0.1, 0.15) is 12.6 Å². The van der Waals surface area contributed by atoms with Gasteiger partial charge in [0.2, 0.25) is 21.8 Å². The van der Waals surface area contributed by atoms with Crippen LogP contribution >= 0.6 is 11.6 Å². The summed E-state index contributed by atoms with van der Waals surface area (Å²) in [5.41, 5.74) is 3.79. The van der Waals surface area contributed by atoms with Gasteiger partial charge in [-0.2, -0.15) is 0 Å². The van der Waals surface area contributed by atoms with Gasteiger partial charge in [-0.3, -0.25) is 13.9 Å². The van der Waals surface area contributed by atoms with E-state index in [1.165, 1.54) is 11.0 Å². The third-order valence-electron chi connectivity index (χ3n) is 7.00. The summed E-state index contributed by atoms with van der Waals surface area (Å²) >= 11 is 6.31. The van der Waals surface area contributed by atoms with Crippen molar-refractivity contribution in [3.63, 3.8) is 0 Å². The summed E-state index contributed by atoms with van der Waals surface area (Å²) < 4.78 is 26.9. The van der Waals surface area contributed by atoms with Crippen LogP contribution in [0.15, 0.2) is 72.8 Å². The van der Waals surface area contributed by atoms with E-state index < -0.39 is 28.5 Å². The van der Waals surface area contributed by atoms with Gasteiger partial charge in [0.05, 0.1) is 11.9 Å². The van der Waals surface area contributed by atoms with Crippen molar-refractivity contribution in [2.75, 3.05) is 17.1 Å². The lowest BCUT2D eigenvalue weighted by atomic mass is 10.0. The van der Waals surface area contributed by atoms with Crippen LogP contribution in [-0.4, -0.2) is 50.0 Å². The lowest BCUT2D eigenvalue weighted by Gasteiger charge is -2.34. The minimum atomic E-state index is -3.86. The van der Waals surface area contributed by atoms with Gasteiger partial charge in [0.25, 0.3) is 0 Å². The molecule has 9 heteroatoms. The second-order valence-electron chi connectivity index (χ2n) is 10.2. The zero-order valence-electron chi connectivity index (χ0n) is 23.7. The number of aryl methyl sites for hydroxylation is 2.